The van der Waals surface area contributed by atoms with Crippen LogP contribution in [0.5, 0.6) is 0 Å². The number of amides is 2. The molecule has 6 heteroatoms. The molecule has 1 aliphatic heterocycles. The van der Waals surface area contributed by atoms with Gasteiger partial charge in [0.15, 0.2) is 0 Å². The van der Waals surface area contributed by atoms with Crippen LogP contribution in [0.3, 0.4) is 0 Å². The molecule has 1 aromatic carbocycles. The lowest BCUT2D eigenvalue weighted by molar-refractivity contribution is -0.135. The van der Waals surface area contributed by atoms with Gasteiger partial charge in [0.1, 0.15) is 0 Å². The van der Waals surface area contributed by atoms with Crippen molar-refractivity contribution in [1.29, 1.82) is 0 Å². The minimum absolute atomic E-state index is 0.0810. The van der Waals surface area contributed by atoms with Crippen molar-refractivity contribution < 1.29 is 9.59 Å². The Morgan fingerprint density at radius 2 is 1.95 bits per heavy atom. The van der Waals surface area contributed by atoms with E-state index in [4.69, 9.17) is 17.3 Å². The van der Waals surface area contributed by atoms with E-state index < -0.39 is 0 Å². The van der Waals surface area contributed by atoms with Crippen molar-refractivity contribution in [3.8, 4) is 0 Å². The molecule has 0 spiro atoms. The first-order chi connectivity index (χ1) is 10.5. The van der Waals surface area contributed by atoms with E-state index in [2.05, 4.69) is 0 Å². The van der Waals surface area contributed by atoms with Crippen LogP contribution in [0.25, 0.3) is 0 Å². The Morgan fingerprint density at radius 3 is 2.55 bits per heavy atom. The molecule has 5 nitrogen and oxygen atoms in total. The molecule has 22 heavy (non-hydrogen) atoms. The molecule has 0 unspecified atom stereocenters. The standard InChI is InChI=1S/C16H22ClN3O2/c1-19(10-13-4-2-3-5-14(13)17)11-15(21)20-8-6-12(7-9-20)16(18)22/h2-5,12H,6-11H2,1H3,(H2,18,22). The summed E-state index contributed by atoms with van der Waals surface area (Å²) in [6.07, 6.45) is 1.32. The summed E-state index contributed by atoms with van der Waals surface area (Å²) in [5.74, 6) is -0.273. The zero-order valence-corrected chi connectivity index (χ0v) is 13.6. The fourth-order valence-electron chi connectivity index (χ4n) is 2.72. The maximum absolute atomic E-state index is 12.3. The minimum Gasteiger partial charge on any atom is -0.369 e. The van der Waals surface area contributed by atoms with Crippen LogP contribution in [0.4, 0.5) is 0 Å². The predicted octanol–water partition coefficient (Wildman–Crippen LogP) is 1.50. The van der Waals surface area contributed by atoms with Gasteiger partial charge in [0, 0.05) is 30.6 Å². The maximum atomic E-state index is 12.3. The van der Waals surface area contributed by atoms with E-state index in [9.17, 15) is 9.59 Å². The molecule has 1 fully saturated rings. The Balaban J connectivity index is 1.82. The lowest BCUT2D eigenvalue weighted by atomic mass is 9.96. The van der Waals surface area contributed by atoms with Gasteiger partial charge in [0.25, 0.3) is 0 Å². The fraction of sp³-hybridized carbons (Fsp3) is 0.500. The molecule has 2 amide bonds. The summed E-state index contributed by atoms with van der Waals surface area (Å²) in [4.78, 5) is 27.2. The smallest absolute Gasteiger partial charge is 0.236 e. The Kier molecular flexibility index (Phi) is 5.80. The molecule has 1 heterocycles. The van der Waals surface area contributed by atoms with Gasteiger partial charge >= 0.3 is 0 Å². The first-order valence-electron chi connectivity index (χ1n) is 7.46. The highest BCUT2D eigenvalue weighted by molar-refractivity contribution is 6.31. The molecule has 1 aliphatic rings. The molecule has 0 aromatic heterocycles. The molecule has 0 saturated carbocycles. The van der Waals surface area contributed by atoms with E-state index in [0.29, 0.717) is 44.0 Å². The second-order valence-corrected chi connectivity index (χ2v) is 6.23. The van der Waals surface area contributed by atoms with Crippen molar-refractivity contribution in [3.05, 3.63) is 34.9 Å². The molecule has 0 aliphatic carbocycles. The normalized spacial score (nSPS) is 16.0. The number of rotatable bonds is 5. The number of carbonyl (C=O) groups excluding carboxylic acids is 2. The molecule has 0 bridgehead atoms. The highest BCUT2D eigenvalue weighted by Gasteiger charge is 2.26. The quantitative estimate of drug-likeness (QED) is 0.893. The number of carbonyl (C=O) groups is 2. The van der Waals surface area contributed by atoms with E-state index >= 15 is 0 Å². The highest BCUT2D eigenvalue weighted by Crippen LogP contribution is 2.18. The molecule has 0 radical (unpaired) electrons. The van der Waals surface area contributed by atoms with E-state index in [1.165, 1.54) is 0 Å². The maximum Gasteiger partial charge on any atom is 0.236 e. The number of halogens is 1. The van der Waals surface area contributed by atoms with Crippen molar-refractivity contribution >= 4 is 23.4 Å². The van der Waals surface area contributed by atoms with E-state index in [-0.39, 0.29) is 17.7 Å². The summed E-state index contributed by atoms with van der Waals surface area (Å²) < 4.78 is 0. The molecule has 1 aromatic rings. The second-order valence-electron chi connectivity index (χ2n) is 5.82. The van der Waals surface area contributed by atoms with Gasteiger partial charge in [-0.05, 0) is 31.5 Å². The van der Waals surface area contributed by atoms with Crippen molar-refractivity contribution in [2.45, 2.75) is 19.4 Å². The van der Waals surface area contributed by atoms with Gasteiger partial charge in [-0.2, -0.15) is 0 Å². The lowest BCUT2D eigenvalue weighted by Crippen LogP contribution is -2.45. The zero-order chi connectivity index (χ0) is 16.1. The molecule has 0 atom stereocenters. The number of primary amides is 1. The van der Waals surface area contributed by atoms with Crippen LogP contribution in [-0.2, 0) is 16.1 Å². The van der Waals surface area contributed by atoms with E-state index in [1.54, 1.807) is 0 Å². The van der Waals surface area contributed by atoms with Gasteiger partial charge in [0.05, 0.1) is 6.54 Å². The third kappa shape index (κ3) is 4.45. The van der Waals surface area contributed by atoms with Crippen LogP contribution in [-0.4, -0.2) is 48.3 Å². The summed E-state index contributed by atoms with van der Waals surface area (Å²) in [5, 5.41) is 0.712. The Morgan fingerprint density at radius 1 is 1.32 bits per heavy atom. The Hall–Kier alpha value is -1.59. The number of nitrogens with two attached hydrogens (primary N) is 1. The number of likely N-dealkylation sites (tertiary alicyclic amines) is 1. The molecular formula is C16H22ClN3O2. The van der Waals surface area contributed by atoms with Gasteiger partial charge in [0.2, 0.25) is 11.8 Å². The average molecular weight is 324 g/mol. The number of hydrogen-bond donors (Lipinski definition) is 1. The van der Waals surface area contributed by atoms with Crippen LogP contribution in [0.1, 0.15) is 18.4 Å². The van der Waals surface area contributed by atoms with Crippen molar-refractivity contribution in [2.75, 3.05) is 26.7 Å². The van der Waals surface area contributed by atoms with Crippen LogP contribution < -0.4 is 5.73 Å². The average Bonchev–Trinajstić information content (AvgIpc) is 2.49. The summed E-state index contributed by atoms with van der Waals surface area (Å²) in [7, 11) is 1.90. The van der Waals surface area contributed by atoms with Gasteiger partial charge in [-0.25, -0.2) is 0 Å². The van der Waals surface area contributed by atoms with Crippen LogP contribution in [0.15, 0.2) is 24.3 Å². The Labute approximate surface area is 136 Å². The molecular weight excluding hydrogens is 302 g/mol. The monoisotopic (exact) mass is 323 g/mol. The van der Waals surface area contributed by atoms with Crippen molar-refractivity contribution in [3.63, 3.8) is 0 Å². The predicted molar refractivity (Wildman–Crippen MR) is 86.3 cm³/mol. The van der Waals surface area contributed by atoms with Crippen LogP contribution >= 0.6 is 11.6 Å². The first-order valence-corrected chi connectivity index (χ1v) is 7.84. The lowest BCUT2D eigenvalue weighted by Gasteiger charge is -2.31. The first kappa shape index (κ1) is 16.8. The summed E-state index contributed by atoms with van der Waals surface area (Å²) in [6.45, 7) is 2.17. The largest absolute Gasteiger partial charge is 0.369 e. The molecule has 2 rings (SSSR count). The zero-order valence-electron chi connectivity index (χ0n) is 12.8. The topological polar surface area (TPSA) is 66.6 Å². The van der Waals surface area contributed by atoms with Crippen LogP contribution in [0.2, 0.25) is 5.02 Å². The van der Waals surface area contributed by atoms with E-state index in [1.807, 2.05) is 41.1 Å². The number of benzene rings is 1. The number of piperidine rings is 1. The van der Waals surface area contributed by atoms with Crippen LogP contribution in [0, 0.1) is 5.92 Å². The van der Waals surface area contributed by atoms with Crippen molar-refractivity contribution in [1.82, 2.24) is 9.80 Å². The fourth-order valence-corrected chi connectivity index (χ4v) is 2.91. The van der Waals surface area contributed by atoms with E-state index in [0.717, 1.165) is 5.56 Å². The summed E-state index contributed by atoms with van der Waals surface area (Å²) in [6, 6.07) is 7.63. The van der Waals surface area contributed by atoms with Gasteiger partial charge in [-0.15, -0.1) is 0 Å². The molecule has 2 N–H and O–H groups in total. The van der Waals surface area contributed by atoms with Crippen molar-refractivity contribution in [2.24, 2.45) is 11.7 Å². The number of hydrogen-bond acceptors (Lipinski definition) is 3. The third-order valence-corrected chi connectivity index (χ3v) is 4.42. The summed E-state index contributed by atoms with van der Waals surface area (Å²) >= 11 is 6.13. The minimum atomic E-state index is -0.261. The number of likely N-dealkylation sites (N-methyl/N-ethyl adjacent to an activating group) is 1. The third-order valence-electron chi connectivity index (χ3n) is 4.05. The van der Waals surface area contributed by atoms with Gasteiger partial charge < -0.3 is 10.6 Å². The Bertz CT molecular complexity index is 542. The van der Waals surface area contributed by atoms with Gasteiger partial charge in [-0.1, -0.05) is 29.8 Å². The summed E-state index contributed by atoms with van der Waals surface area (Å²) in [5.41, 5.74) is 6.31. The molecule has 1 saturated heterocycles. The highest BCUT2D eigenvalue weighted by atomic mass is 35.5. The second kappa shape index (κ2) is 7.61. The van der Waals surface area contributed by atoms with Gasteiger partial charge in [-0.3, -0.25) is 14.5 Å². The SMILES string of the molecule is CN(CC(=O)N1CCC(C(N)=O)CC1)Cc1ccccc1Cl. The number of nitrogens with zero attached hydrogens (tertiary/aromatic N) is 2. The molecule has 120 valence electrons.